The molecule has 0 unspecified atom stereocenters. The SMILES string of the molecule is CNC(=O)[C@H]1CN(C(=O)CCCn2cccc2)C[C@@H]1c1cnn(C)c1. The Hall–Kier alpha value is -2.57. The molecule has 1 aliphatic heterocycles. The molecule has 0 spiro atoms. The van der Waals surface area contributed by atoms with Crippen LogP contribution in [0.1, 0.15) is 24.3 Å². The van der Waals surface area contributed by atoms with Crippen LogP contribution in [0.15, 0.2) is 36.9 Å². The van der Waals surface area contributed by atoms with E-state index in [1.54, 1.807) is 17.9 Å². The molecule has 2 aromatic heterocycles. The van der Waals surface area contributed by atoms with Gasteiger partial charge in [0.2, 0.25) is 11.8 Å². The highest BCUT2D eigenvalue weighted by Gasteiger charge is 2.40. The second-order valence-corrected chi connectivity index (χ2v) is 6.60. The van der Waals surface area contributed by atoms with E-state index in [4.69, 9.17) is 0 Å². The summed E-state index contributed by atoms with van der Waals surface area (Å²) in [5, 5.41) is 6.93. The number of carbonyl (C=O) groups excluding carboxylic acids is 2. The average Bonchev–Trinajstić information content (AvgIpc) is 3.33. The molecule has 25 heavy (non-hydrogen) atoms. The number of carbonyl (C=O) groups is 2. The first kappa shape index (κ1) is 17.3. The van der Waals surface area contributed by atoms with Gasteiger partial charge in [0.1, 0.15) is 0 Å². The molecule has 2 aromatic rings. The summed E-state index contributed by atoms with van der Waals surface area (Å²) in [6, 6.07) is 3.96. The lowest BCUT2D eigenvalue weighted by atomic mass is 9.90. The van der Waals surface area contributed by atoms with Gasteiger partial charge in [-0.15, -0.1) is 0 Å². The number of aryl methyl sites for hydroxylation is 2. The lowest BCUT2D eigenvalue weighted by Gasteiger charge is -2.16. The zero-order valence-corrected chi connectivity index (χ0v) is 14.8. The zero-order chi connectivity index (χ0) is 17.8. The van der Waals surface area contributed by atoms with Gasteiger partial charge < -0.3 is 14.8 Å². The lowest BCUT2D eigenvalue weighted by molar-refractivity contribution is -0.130. The number of nitrogens with zero attached hydrogens (tertiary/aromatic N) is 4. The standard InChI is InChI=1S/C18H25N5O2/c1-19-18(25)16-13-23(12-15(16)14-10-20-21(2)11-14)17(24)6-5-9-22-7-3-4-8-22/h3-4,7-8,10-11,15-16H,5-6,9,12-13H2,1-2H3,(H,19,25)/t15-,16+/m1/s1. The Morgan fingerprint density at radius 2 is 2.04 bits per heavy atom. The zero-order valence-electron chi connectivity index (χ0n) is 14.8. The molecule has 1 saturated heterocycles. The summed E-state index contributed by atoms with van der Waals surface area (Å²) in [6.07, 6.45) is 9.02. The molecule has 134 valence electrons. The summed E-state index contributed by atoms with van der Waals surface area (Å²) in [5.74, 6) is -0.117. The molecule has 3 heterocycles. The number of amides is 2. The van der Waals surface area contributed by atoms with Crippen LogP contribution in [0, 0.1) is 5.92 Å². The van der Waals surface area contributed by atoms with Gasteiger partial charge in [-0.3, -0.25) is 14.3 Å². The first-order chi connectivity index (χ1) is 12.1. The summed E-state index contributed by atoms with van der Waals surface area (Å²) in [5.41, 5.74) is 1.01. The van der Waals surface area contributed by atoms with Gasteiger partial charge >= 0.3 is 0 Å². The van der Waals surface area contributed by atoms with Gasteiger partial charge in [0.05, 0.1) is 12.1 Å². The molecule has 0 bridgehead atoms. The number of hydrogen-bond donors (Lipinski definition) is 1. The number of rotatable bonds is 6. The summed E-state index contributed by atoms with van der Waals surface area (Å²) >= 11 is 0. The first-order valence-electron chi connectivity index (χ1n) is 8.67. The van der Waals surface area contributed by atoms with Crippen molar-refractivity contribution in [2.75, 3.05) is 20.1 Å². The monoisotopic (exact) mass is 343 g/mol. The van der Waals surface area contributed by atoms with Crippen molar-refractivity contribution in [2.24, 2.45) is 13.0 Å². The fourth-order valence-electron chi connectivity index (χ4n) is 3.52. The van der Waals surface area contributed by atoms with Crippen molar-refractivity contribution in [3.05, 3.63) is 42.5 Å². The van der Waals surface area contributed by atoms with Gasteiger partial charge in [-0.05, 0) is 24.1 Å². The molecule has 0 aliphatic carbocycles. The van der Waals surface area contributed by atoms with Crippen LogP contribution in [-0.4, -0.2) is 51.2 Å². The van der Waals surface area contributed by atoms with Crippen LogP contribution in [0.25, 0.3) is 0 Å². The van der Waals surface area contributed by atoms with E-state index < -0.39 is 0 Å². The van der Waals surface area contributed by atoms with Gasteiger partial charge in [0.25, 0.3) is 0 Å². The lowest BCUT2D eigenvalue weighted by Crippen LogP contribution is -2.33. The minimum Gasteiger partial charge on any atom is -0.359 e. The highest BCUT2D eigenvalue weighted by Crippen LogP contribution is 2.33. The predicted octanol–water partition coefficient (Wildman–Crippen LogP) is 0.990. The molecule has 0 radical (unpaired) electrons. The minimum absolute atomic E-state index is 0.00190. The third kappa shape index (κ3) is 3.92. The number of hydrogen-bond acceptors (Lipinski definition) is 3. The van der Waals surface area contributed by atoms with Crippen molar-refractivity contribution in [3.8, 4) is 0 Å². The van der Waals surface area contributed by atoms with E-state index in [1.165, 1.54) is 0 Å². The van der Waals surface area contributed by atoms with Gasteiger partial charge in [-0.1, -0.05) is 0 Å². The second-order valence-electron chi connectivity index (χ2n) is 6.60. The van der Waals surface area contributed by atoms with Crippen LogP contribution in [0.4, 0.5) is 0 Å². The molecule has 7 heteroatoms. The smallest absolute Gasteiger partial charge is 0.225 e. The maximum Gasteiger partial charge on any atom is 0.225 e. The quantitative estimate of drug-likeness (QED) is 0.850. The molecule has 1 aliphatic rings. The number of nitrogens with one attached hydrogen (secondary N) is 1. The third-order valence-electron chi connectivity index (χ3n) is 4.88. The van der Waals surface area contributed by atoms with Crippen LogP contribution in [-0.2, 0) is 23.2 Å². The average molecular weight is 343 g/mol. The fraction of sp³-hybridized carbons (Fsp3) is 0.500. The highest BCUT2D eigenvalue weighted by atomic mass is 16.2. The van der Waals surface area contributed by atoms with Gasteiger partial charge in [0, 0.05) is 64.7 Å². The van der Waals surface area contributed by atoms with Gasteiger partial charge in [-0.25, -0.2) is 0 Å². The summed E-state index contributed by atoms with van der Waals surface area (Å²) in [6.45, 7) is 1.88. The van der Waals surface area contributed by atoms with E-state index in [9.17, 15) is 9.59 Å². The van der Waals surface area contributed by atoms with Crippen molar-refractivity contribution in [3.63, 3.8) is 0 Å². The molecule has 2 amide bonds. The van der Waals surface area contributed by atoms with Crippen molar-refractivity contribution >= 4 is 11.8 Å². The van der Waals surface area contributed by atoms with Crippen LogP contribution in [0.2, 0.25) is 0 Å². The molecule has 0 aromatic carbocycles. The second kappa shape index (κ2) is 7.55. The van der Waals surface area contributed by atoms with E-state index in [0.717, 1.165) is 18.5 Å². The summed E-state index contributed by atoms with van der Waals surface area (Å²) < 4.78 is 3.81. The number of likely N-dealkylation sites (tertiary alicyclic amines) is 1. The van der Waals surface area contributed by atoms with Crippen LogP contribution >= 0.6 is 0 Å². The van der Waals surface area contributed by atoms with E-state index in [2.05, 4.69) is 15.0 Å². The Morgan fingerprint density at radius 3 is 2.68 bits per heavy atom. The highest BCUT2D eigenvalue weighted by molar-refractivity contribution is 5.83. The van der Waals surface area contributed by atoms with Gasteiger partial charge in [0.15, 0.2) is 0 Å². The normalized spacial score (nSPS) is 20.0. The van der Waals surface area contributed by atoms with Crippen LogP contribution in [0.5, 0.6) is 0 Å². The Morgan fingerprint density at radius 1 is 1.28 bits per heavy atom. The van der Waals surface area contributed by atoms with Crippen LogP contribution < -0.4 is 5.32 Å². The summed E-state index contributed by atoms with van der Waals surface area (Å²) in [4.78, 5) is 26.7. The topological polar surface area (TPSA) is 72.2 Å². The molecule has 0 saturated carbocycles. The van der Waals surface area contributed by atoms with Crippen LogP contribution in [0.3, 0.4) is 0 Å². The number of aromatic nitrogens is 3. The molecule has 2 atom stereocenters. The molecule has 3 rings (SSSR count). The largest absolute Gasteiger partial charge is 0.359 e. The van der Waals surface area contributed by atoms with Gasteiger partial charge in [-0.2, -0.15) is 5.10 Å². The Balaban J connectivity index is 1.62. The van der Waals surface area contributed by atoms with Crippen molar-refractivity contribution in [2.45, 2.75) is 25.3 Å². The first-order valence-corrected chi connectivity index (χ1v) is 8.67. The fourth-order valence-corrected chi connectivity index (χ4v) is 3.52. The minimum atomic E-state index is -0.220. The van der Waals surface area contributed by atoms with E-state index in [0.29, 0.717) is 19.5 Å². The third-order valence-corrected chi connectivity index (χ3v) is 4.88. The molecular weight excluding hydrogens is 318 g/mol. The van der Waals surface area contributed by atoms with Crippen molar-refractivity contribution in [1.29, 1.82) is 0 Å². The van der Waals surface area contributed by atoms with E-state index in [1.807, 2.05) is 42.7 Å². The van der Waals surface area contributed by atoms with Crippen molar-refractivity contribution < 1.29 is 9.59 Å². The van der Waals surface area contributed by atoms with E-state index >= 15 is 0 Å². The molecule has 1 fully saturated rings. The van der Waals surface area contributed by atoms with Crippen molar-refractivity contribution in [1.82, 2.24) is 24.6 Å². The molecule has 1 N–H and O–H groups in total. The Kier molecular flexibility index (Phi) is 5.21. The Labute approximate surface area is 147 Å². The molecule has 7 nitrogen and oxygen atoms in total. The Bertz CT molecular complexity index is 722. The molecular formula is C18H25N5O2. The summed E-state index contributed by atoms with van der Waals surface area (Å²) in [7, 11) is 3.50. The van der Waals surface area contributed by atoms with E-state index in [-0.39, 0.29) is 23.7 Å². The predicted molar refractivity (Wildman–Crippen MR) is 93.8 cm³/mol. The maximum absolute atomic E-state index is 12.6. The maximum atomic E-state index is 12.6.